The van der Waals surface area contributed by atoms with Crippen LogP contribution in [0.2, 0.25) is 5.02 Å². The number of hydrogen-bond acceptors (Lipinski definition) is 2. The van der Waals surface area contributed by atoms with E-state index in [2.05, 4.69) is 10.6 Å². The first-order valence-electron chi connectivity index (χ1n) is 7.82. The number of rotatable bonds is 6. The van der Waals surface area contributed by atoms with E-state index in [9.17, 15) is 9.59 Å². The summed E-state index contributed by atoms with van der Waals surface area (Å²) in [6.07, 6.45) is 0.182. The Morgan fingerprint density at radius 2 is 1.58 bits per heavy atom. The highest BCUT2D eigenvalue weighted by atomic mass is 35.5. The second kappa shape index (κ2) is 8.50. The molecule has 2 amide bonds. The zero-order valence-electron chi connectivity index (χ0n) is 13.8. The van der Waals surface area contributed by atoms with Crippen LogP contribution in [0.5, 0.6) is 0 Å². The predicted octanol–water partition coefficient (Wildman–Crippen LogP) is 3.78. The maximum atomic E-state index is 12.4. The Balaban J connectivity index is 2.02. The molecule has 0 saturated carbocycles. The first-order chi connectivity index (χ1) is 11.5. The first kappa shape index (κ1) is 18.0. The number of carbonyl (C=O) groups excluding carboxylic acids is 2. The second-order valence-corrected chi connectivity index (χ2v) is 6.15. The summed E-state index contributed by atoms with van der Waals surface area (Å²) >= 11 is 5.88. The Hall–Kier alpha value is -2.33. The summed E-state index contributed by atoms with van der Waals surface area (Å²) < 4.78 is 0. The summed E-state index contributed by atoms with van der Waals surface area (Å²) in [4.78, 5) is 23.8. The summed E-state index contributed by atoms with van der Waals surface area (Å²) in [5.41, 5.74) is 1.88. The van der Waals surface area contributed by atoms with Crippen molar-refractivity contribution in [2.24, 2.45) is 0 Å². The van der Waals surface area contributed by atoms with Crippen LogP contribution in [-0.4, -0.2) is 11.8 Å². The number of halogens is 1. The normalized spacial score (nSPS) is 13.0. The van der Waals surface area contributed by atoms with Crippen molar-refractivity contribution in [3.8, 4) is 0 Å². The predicted molar refractivity (Wildman–Crippen MR) is 95.6 cm³/mol. The van der Waals surface area contributed by atoms with Gasteiger partial charge in [-0.2, -0.15) is 0 Å². The van der Waals surface area contributed by atoms with Crippen molar-refractivity contribution in [1.82, 2.24) is 10.6 Å². The molecular formula is C19H21ClN2O2. The van der Waals surface area contributed by atoms with Crippen molar-refractivity contribution in [3.05, 3.63) is 70.7 Å². The molecule has 24 heavy (non-hydrogen) atoms. The zero-order valence-corrected chi connectivity index (χ0v) is 14.5. The van der Waals surface area contributed by atoms with E-state index in [1.54, 1.807) is 12.1 Å². The van der Waals surface area contributed by atoms with Crippen LogP contribution in [-0.2, 0) is 9.59 Å². The van der Waals surface area contributed by atoms with Crippen molar-refractivity contribution in [1.29, 1.82) is 0 Å². The van der Waals surface area contributed by atoms with E-state index in [4.69, 9.17) is 11.6 Å². The van der Waals surface area contributed by atoms with Crippen molar-refractivity contribution < 1.29 is 9.59 Å². The van der Waals surface area contributed by atoms with Gasteiger partial charge >= 0.3 is 0 Å². The minimum absolute atomic E-state index is 0.125. The largest absolute Gasteiger partial charge is 0.350 e. The number of amides is 2. The van der Waals surface area contributed by atoms with Gasteiger partial charge in [0.25, 0.3) is 0 Å². The molecule has 0 aliphatic heterocycles. The van der Waals surface area contributed by atoms with Gasteiger partial charge in [0, 0.05) is 11.9 Å². The molecule has 0 bridgehead atoms. The van der Waals surface area contributed by atoms with Gasteiger partial charge in [-0.05, 0) is 30.2 Å². The lowest BCUT2D eigenvalue weighted by atomic mass is 10.0. The van der Waals surface area contributed by atoms with E-state index in [0.29, 0.717) is 5.02 Å². The summed E-state index contributed by atoms with van der Waals surface area (Å²) in [7, 11) is 0. The van der Waals surface area contributed by atoms with Gasteiger partial charge in [0.1, 0.15) is 0 Å². The quantitative estimate of drug-likeness (QED) is 0.837. The highest BCUT2D eigenvalue weighted by Crippen LogP contribution is 2.19. The van der Waals surface area contributed by atoms with Gasteiger partial charge in [-0.15, -0.1) is 0 Å². The molecule has 0 aromatic heterocycles. The third-order valence-corrected chi connectivity index (χ3v) is 3.97. The molecule has 0 fully saturated rings. The van der Waals surface area contributed by atoms with Crippen molar-refractivity contribution in [3.63, 3.8) is 0 Å². The van der Waals surface area contributed by atoms with Crippen molar-refractivity contribution in [2.75, 3.05) is 0 Å². The van der Waals surface area contributed by atoms with Crippen LogP contribution in [0.1, 0.15) is 43.5 Å². The molecule has 0 aliphatic rings. The molecule has 0 heterocycles. The summed E-state index contributed by atoms with van der Waals surface area (Å²) in [5.74, 6) is -0.289. The molecule has 0 unspecified atom stereocenters. The molecule has 2 aromatic rings. The van der Waals surface area contributed by atoms with Gasteiger partial charge < -0.3 is 10.6 Å². The standard InChI is InChI=1S/C19H21ClN2O2/c1-13(15-8-10-17(20)11-9-15)21-19(24)12-18(22-14(2)23)16-6-4-3-5-7-16/h3-11,13,18H,12H2,1-2H3,(H,21,24)(H,22,23)/t13-,18-/m1/s1. The van der Waals surface area contributed by atoms with Gasteiger partial charge in [-0.3, -0.25) is 9.59 Å². The van der Waals surface area contributed by atoms with Crippen LogP contribution in [0.4, 0.5) is 0 Å². The minimum Gasteiger partial charge on any atom is -0.350 e. The van der Waals surface area contributed by atoms with Crippen LogP contribution in [0.25, 0.3) is 0 Å². The molecule has 2 atom stereocenters. The van der Waals surface area contributed by atoms with Gasteiger partial charge in [-0.25, -0.2) is 0 Å². The van der Waals surface area contributed by atoms with E-state index >= 15 is 0 Å². The average Bonchev–Trinajstić information content (AvgIpc) is 2.55. The molecule has 0 saturated heterocycles. The minimum atomic E-state index is -0.346. The van der Waals surface area contributed by atoms with Crippen molar-refractivity contribution in [2.45, 2.75) is 32.4 Å². The molecular weight excluding hydrogens is 324 g/mol. The van der Waals surface area contributed by atoms with Gasteiger partial charge in [-0.1, -0.05) is 54.1 Å². The lowest BCUT2D eigenvalue weighted by Gasteiger charge is -2.20. The van der Waals surface area contributed by atoms with Crippen LogP contribution in [0.15, 0.2) is 54.6 Å². The van der Waals surface area contributed by atoms with E-state index in [0.717, 1.165) is 11.1 Å². The second-order valence-electron chi connectivity index (χ2n) is 5.71. The highest BCUT2D eigenvalue weighted by molar-refractivity contribution is 6.30. The average molecular weight is 345 g/mol. The van der Waals surface area contributed by atoms with Crippen LogP contribution in [0, 0.1) is 0 Å². The Morgan fingerprint density at radius 1 is 0.958 bits per heavy atom. The fraction of sp³-hybridized carbons (Fsp3) is 0.263. The number of hydrogen-bond donors (Lipinski definition) is 2. The number of carbonyl (C=O) groups is 2. The third kappa shape index (κ3) is 5.39. The summed E-state index contributed by atoms with van der Waals surface area (Å²) in [6.45, 7) is 3.36. The Labute approximate surface area is 147 Å². The fourth-order valence-electron chi connectivity index (χ4n) is 2.50. The topological polar surface area (TPSA) is 58.2 Å². The molecule has 0 aliphatic carbocycles. The maximum Gasteiger partial charge on any atom is 0.222 e. The number of benzene rings is 2. The van der Waals surface area contributed by atoms with Crippen LogP contribution in [0.3, 0.4) is 0 Å². The maximum absolute atomic E-state index is 12.4. The molecule has 2 rings (SSSR count). The SMILES string of the molecule is CC(=O)N[C@H](CC(=O)N[C@H](C)c1ccc(Cl)cc1)c1ccccc1. The lowest BCUT2D eigenvalue weighted by molar-refractivity contribution is -0.123. The summed E-state index contributed by atoms with van der Waals surface area (Å²) in [6, 6.07) is 16.4. The van der Waals surface area contributed by atoms with Gasteiger partial charge in [0.2, 0.25) is 11.8 Å². The van der Waals surface area contributed by atoms with Crippen LogP contribution < -0.4 is 10.6 Å². The van der Waals surface area contributed by atoms with E-state index < -0.39 is 0 Å². The Bertz CT molecular complexity index is 686. The summed E-state index contributed by atoms with van der Waals surface area (Å²) in [5, 5.41) is 6.45. The molecule has 126 valence electrons. The first-order valence-corrected chi connectivity index (χ1v) is 8.20. The van der Waals surface area contributed by atoms with E-state index in [-0.39, 0.29) is 30.3 Å². The molecule has 0 radical (unpaired) electrons. The zero-order chi connectivity index (χ0) is 17.5. The van der Waals surface area contributed by atoms with Gasteiger partial charge in [0.05, 0.1) is 18.5 Å². The highest BCUT2D eigenvalue weighted by Gasteiger charge is 2.18. The van der Waals surface area contributed by atoms with Crippen molar-refractivity contribution >= 4 is 23.4 Å². The molecule has 2 aromatic carbocycles. The van der Waals surface area contributed by atoms with E-state index in [1.807, 2.05) is 49.4 Å². The molecule has 0 spiro atoms. The molecule has 4 nitrogen and oxygen atoms in total. The van der Waals surface area contributed by atoms with Crippen LogP contribution >= 0.6 is 11.6 Å². The fourth-order valence-corrected chi connectivity index (χ4v) is 2.63. The third-order valence-electron chi connectivity index (χ3n) is 3.72. The smallest absolute Gasteiger partial charge is 0.222 e. The lowest BCUT2D eigenvalue weighted by Crippen LogP contribution is -2.33. The monoisotopic (exact) mass is 344 g/mol. The Morgan fingerprint density at radius 3 is 2.17 bits per heavy atom. The number of nitrogens with one attached hydrogen (secondary N) is 2. The Kier molecular flexibility index (Phi) is 6.38. The molecule has 5 heteroatoms. The van der Waals surface area contributed by atoms with E-state index in [1.165, 1.54) is 6.92 Å². The molecule has 2 N–H and O–H groups in total. The van der Waals surface area contributed by atoms with Gasteiger partial charge in [0.15, 0.2) is 0 Å².